The Labute approximate surface area is 98.5 Å². The summed E-state index contributed by atoms with van der Waals surface area (Å²) in [6.07, 6.45) is 0. The van der Waals surface area contributed by atoms with Gasteiger partial charge in [-0.05, 0) is 44.0 Å². The van der Waals surface area contributed by atoms with Crippen LogP contribution in [0.3, 0.4) is 0 Å². The predicted octanol–water partition coefficient (Wildman–Crippen LogP) is 1.71. The van der Waals surface area contributed by atoms with Crippen molar-refractivity contribution in [2.45, 2.75) is 27.3 Å². The molecule has 1 atom stereocenters. The summed E-state index contributed by atoms with van der Waals surface area (Å²) in [5.41, 5.74) is 7.89. The van der Waals surface area contributed by atoms with Crippen molar-refractivity contribution >= 4 is 0 Å². The highest BCUT2D eigenvalue weighted by Gasteiger charge is 2.10. The zero-order chi connectivity index (χ0) is 12.0. The minimum absolute atomic E-state index is 0.546. The SMILES string of the molecule is Cc1cccc(CNCC(CN)C(C)C)n1. The summed E-state index contributed by atoms with van der Waals surface area (Å²) in [5.74, 6) is 1.17. The van der Waals surface area contributed by atoms with Gasteiger partial charge >= 0.3 is 0 Å². The number of pyridine rings is 1. The van der Waals surface area contributed by atoms with Gasteiger partial charge in [0, 0.05) is 12.2 Å². The molecule has 0 radical (unpaired) electrons. The molecule has 0 fully saturated rings. The van der Waals surface area contributed by atoms with Crippen LogP contribution in [0, 0.1) is 18.8 Å². The van der Waals surface area contributed by atoms with Gasteiger partial charge in [-0.1, -0.05) is 19.9 Å². The molecule has 0 amide bonds. The summed E-state index contributed by atoms with van der Waals surface area (Å²) < 4.78 is 0. The molecule has 90 valence electrons. The summed E-state index contributed by atoms with van der Waals surface area (Å²) in [7, 11) is 0. The maximum Gasteiger partial charge on any atom is 0.0544 e. The van der Waals surface area contributed by atoms with E-state index in [0.29, 0.717) is 11.8 Å². The molecule has 0 spiro atoms. The van der Waals surface area contributed by atoms with Crippen LogP contribution < -0.4 is 11.1 Å². The van der Waals surface area contributed by atoms with E-state index in [-0.39, 0.29) is 0 Å². The molecule has 16 heavy (non-hydrogen) atoms. The van der Waals surface area contributed by atoms with Crippen molar-refractivity contribution < 1.29 is 0 Å². The largest absolute Gasteiger partial charge is 0.330 e. The van der Waals surface area contributed by atoms with E-state index >= 15 is 0 Å². The van der Waals surface area contributed by atoms with Crippen molar-refractivity contribution in [1.82, 2.24) is 10.3 Å². The van der Waals surface area contributed by atoms with Gasteiger partial charge in [-0.2, -0.15) is 0 Å². The van der Waals surface area contributed by atoms with E-state index in [9.17, 15) is 0 Å². The third kappa shape index (κ3) is 4.29. The second kappa shape index (κ2) is 6.61. The highest BCUT2D eigenvalue weighted by Crippen LogP contribution is 2.07. The Morgan fingerprint density at radius 1 is 1.38 bits per heavy atom. The summed E-state index contributed by atoms with van der Waals surface area (Å²) in [5, 5.41) is 3.42. The fraction of sp³-hybridized carbons (Fsp3) is 0.615. The molecule has 0 aromatic carbocycles. The Kier molecular flexibility index (Phi) is 5.43. The fourth-order valence-electron chi connectivity index (χ4n) is 1.67. The van der Waals surface area contributed by atoms with Crippen LogP contribution in [-0.4, -0.2) is 18.1 Å². The first kappa shape index (κ1) is 13.1. The van der Waals surface area contributed by atoms with Crippen molar-refractivity contribution in [2.24, 2.45) is 17.6 Å². The minimum Gasteiger partial charge on any atom is -0.330 e. The zero-order valence-electron chi connectivity index (χ0n) is 10.5. The number of nitrogens with one attached hydrogen (secondary N) is 1. The van der Waals surface area contributed by atoms with Crippen molar-refractivity contribution in [3.05, 3.63) is 29.6 Å². The molecular weight excluding hydrogens is 198 g/mol. The van der Waals surface area contributed by atoms with E-state index < -0.39 is 0 Å². The van der Waals surface area contributed by atoms with Crippen LogP contribution >= 0.6 is 0 Å². The molecule has 3 N–H and O–H groups in total. The monoisotopic (exact) mass is 221 g/mol. The second-order valence-corrected chi connectivity index (χ2v) is 4.64. The van der Waals surface area contributed by atoms with Crippen molar-refractivity contribution in [1.29, 1.82) is 0 Å². The normalized spacial score (nSPS) is 13.1. The number of nitrogens with two attached hydrogens (primary N) is 1. The number of hydrogen-bond donors (Lipinski definition) is 2. The first-order chi connectivity index (χ1) is 7.63. The van der Waals surface area contributed by atoms with Gasteiger partial charge < -0.3 is 11.1 Å². The second-order valence-electron chi connectivity index (χ2n) is 4.64. The number of aryl methyl sites for hydroxylation is 1. The number of aromatic nitrogens is 1. The Morgan fingerprint density at radius 3 is 2.69 bits per heavy atom. The standard InChI is InChI=1S/C13H23N3/c1-10(2)12(7-14)8-15-9-13-6-4-5-11(3)16-13/h4-6,10,12,15H,7-9,14H2,1-3H3. The minimum atomic E-state index is 0.546. The Morgan fingerprint density at radius 2 is 2.12 bits per heavy atom. The molecule has 3 nitrogen and oxygen atoms in total. The van der Waals surface area contributed by atoms with Crippen molar-refractivity contribution in [2.75, 3.05) is 13.1 Å². The zero-order valence-corrected chi connectivity index (χ0v) is 10.5. The van der Waals surface area contributed by atoms with Crippen LogP contribution in [0.2, 0.25) is 0 Å². The quantitative estimate of drug-likeness (QED) is 0.769. The molecule has 0 saturated carbocycles. The first-order valence-electron chi connectivity index (χ1n) is 5.96. The number of hydrogen-bond acceptors (Lipinski definition) is 3. The molecule has 1 rings (SSSR count). The van der Waals surface area contributed by atoms with Crippen LogP contribution in [-0.2, 0) is 6.54 Å². The predicted molar refractivity (Wildman–Crippen MR) is 68.1 cm³/mol. The molecule has 0 bridgehead atoms. The highest BCUT2D eigenvalue weighted by molar-refractivity contribution is 5.09. The van der Waals surface area contributed by atoms with E-state index in [1.807, 2.05) is 25.1 Å². The summed E-state index contributed by atoms with van der Waals surface area (Å²) in [6, 6.07) is 6.11. The molecule has 0 aliphatic heterocycles. The van der Waals surface area contributed by atoms with Crippen LogP contribution in [0.1, 0.15) is 25.2 Å². The smallest absolute Gasteiger partial charge is 0.0544 e. The molecular formula is C13H23N3. The van der Waals surface area contributed by atoms with E-state index in [1.54, 1.807) is 0 Å². The average Bonchev–Trinajstić information content (AvgIpc) is 2.24. The van der Waals surface area contributed by atoms with Gasteiger partial charge in [0.2, 0.25) is 0 Å². The molecule has 0 aliphatic rings. The molecule has 3 heteroatoms. The Balaban J connectivity index is 2.35. The first-order valence-corrected chi connectivity index (χ1v) is 5.96. The molecule has 1 aromatic rings. The van der Waals surface area contributed by atoms with Crippen molar-refractivity contribution in [3.8, 4) is 0 Å². The lowest BCUT2D eigenvalue weighted by Crippen LogP contribution is -2.31. The van der Waals surface area contributed by atoms with Crippen LogP contribution in [0.15, 0.2) is 18.2 Å². The lowest BCUT2D eigenvalue weighted by Gasteiger charge is -2.19. The number of nitrogens with zero attached hydrogens (tertiary/aromatic N) is 1. The molecule has 0 saturated heterocycles. The van der Waals surface area contributed by atoms with Gasteiger partial charge in [0.1, 0.15) is 0 Å². The lowest BCUT2D eigenvalue weighted by molar-refractivity contribution is 0.370. The van der Waals surface area contributed by atoms with Gasteiger partial charge in [-0.15, -0.1) is 0 Å². The van der Waals surface area contributed by atoms with Crippen molar-refractivity contribution in [3.63, 3.8) is 0 Å². The lowest BCUT2D eigenvalue weighted by atomic mass is 9.96. The maximum atomic E-state index is 5.72. The Hall–Kier alpha value is -0.930. The Bertz CT molecular complexity index is 310. The van der Waals surface area contributed by atoms with Gasteiger partial charge in [-0.25, -0.2) is 0 Å². The van der Waals surface area contributed by atoms with Gasteiger partial charge in [0.25, 0.3) is 0 Å². The van der Waals surface area contributed by atoms with E-state index in [4.69, 9.17) is 5.73 Å². The summed E-state index contributed by atoms with van der Waals surface area (Å²) >= 11 is 0. The fourth-order valence-corrected chi connectivity index (χ4v) is 1.67. The van der Waals surface area contributed by atoms with Gasteiger partial charge in [-0.3, -0.25) is 4.98 Å². The third-order valence-electron chi connectivity index (χ3n) is 2.90. The topological polar surface area (TPSA) is 50.9 Å². The highest BCUT2D eigenvalue weighted by atomic mass is 14.9. The maximum absolute atomic E-state index is 5.72. The van der Waals surface area contributed by atoms with Crippen LogP contribution in [0.5, 0.6) is 0 Å². The summed E-state index contributed by atoms with van der Waals surface area (Å²) in [4.78, 5) is 4.45. The third-order valence-corrected chi connectivity index (χ3v) is 2.90. The number of rotatable bonds is 6. The molecule has 0 aliphatic carbocycles. The van der Waals surface area contributed by atoms with Crippen LogP contribution in [0.25, 0.3) is 0 Å². The van der Waals surface area contributed by atoms with E-state index in [0.717, 1.165) is 31.0 Å². The average molecular weight is 221 g/mol. The summed E-state index contributed by atoms with van der Waals surface area (Å²) in [6.45, 7) is 8.97. The molecule has 1 unspecified atom stereocenters. The van der Waals surface area contributed by atoms with E-state index in [1.165, 1.54) is 0 Å². The molecule has 1 aromatic heterocycles. The van der Waals surface area contributed by atoms with Gasteiger partial charge in [0.05, 0.1) is 5.69 Å². The van der Waals surface area contributed by atoms with Gasteiger partial charge in [0.15, 0.2) is 0 Å². The van der Waals surface area contributed by atoms with E-state index in [2.05, 4.69) is 24.1 Å². The molecule has 1 heterocycles. The van der Waals surface area contributed by atoms with Crippen LogP contribution in [0.4, 0.5) is 0 Å².